The summed E-state index contributed by atoms with van der Waals surface area (Å²) in [5, 5.41) is 0. The van der Waals surface area contributed by atoms with Crippen molar-refractivity contribution in [2.75, 3.05) is 19.7 Å². The summed E-state index contributed by atoms with van der Waals surface area (Å²) >= 11 is 0. The smallest absolute Gasteiger partial charge is 0.309 e. The van der Waals surface area contributed by atoms with Crippen LogP contribution in [-0.2, 0) is 20.9 Å². The van der Waals surface area contributed by atoms with Gasteiger partial charge in [0.2, 0.25) is 0 Å². The van der Waals surface area contributed by atoms with Gasteiger partial charge in [0.05, 0.1) is 5.92 Å². The van der Waals surface area contributed by atoms with Crippen LogP contribution in [0.4, 0.5) is 8.78 Å². The largest absolute Gasteiger partial charge is 0.455 e. The minimum absolute atomic E-state index is 0.0794. The summed E-state index contributed by atoms with van der Waals surface area (Å²) in [7, 11) is 0. The zero-order valence-corrected chi connectivity index (χ0v) is 20.3. The van der Waals surface area contributed by atoms with Crippen molar-refractivity contribution in [3.05, 3.63) is 71.3 Å². The highest BCUT2D eigenvalue weighted by molar-refractivity contribution is 5.94. The lowest BCUT2D eigenvalue weighted by molar-refractivity contribution is -0.158. The Morgan fingerprint density at radius 1 is 0.833 bits per heavy atom. The van der Waals surface area contributed by atoms with E-state index in [0.717, 1.165) is 37.7 Å². The van der Waals surface area contributed by atoms with Crippen LogP contribution in [0.25, 0.3) is 0 Å². The number of benzene rings is 2. The Morgan fingerprint density at radius 2 is 1.42 bits per heavy atom. The normalized spacial score (nSPS) is 17.0. The number of carbonyl (C=O) groups excluding carboxylic acids is 3. The van der Waals surface area contributed by atoms with Crippen molar-refractivity contribution < 1.29 is 27.9 Å². The number of rotatable bonds is 7. The van der Waals surface area contributed by atoms with Gasteiger partial charge in [0, 0.05) is 31.2 Å². The Morgan fingerprint density at radius 3 is 2.03 bits per heavy atom. The molecule has 2 aromatic rings. The molecule has 6 nitrogen and oxygen atoms in total. The molecule has 0 bridgehead atoms. The molecular formula is C28H32F2N2O4. The number of hydrogen-bond donors (Lipinski definition) is 0. The zero-order chi connectivity index (χ0) is 25.5. The Bertz CT molecular complexity index is 1040. The average molecular weight is 499 g/mol. The number of hydrogen-bond acceptors (Lipinski definition) is 4. The molecule has 0 N–H and O–H groups in total. The standard InChI is InChI=1S/C28H32F2N2O4/c29-23-10-6-20(7-11-23)18-32(25-4-2-1-3-5-25)26(33)19-36-28(35)22-14-16-31(17-15-22)27(34)21-8-12-24(30)13-9-21/h6-13,22,25H,1-5,14-19H2. The van der Waals surface area contributed by atoms with Crippen LogP contribution < -0.4 is 0 Å². The molecule has 192 valence electrons. The Hall–Kier alpha value is -3.29. The van der Waals surface area contributed by atoms with Gasteiger partial charge in [-0.1, -0.05) is 31.4 Å². The second-order valence-electron chi connectivity index (χ2n) is 9.62. The van der Waals surface area contributed by atoms with Crippen LogP contribution in [0, 0.1) is 17.6 Å². The lowest BCUT2D eigenvalue weighted by Crippen LogP contribution is -2.44. The van der Waals surface area contributed by atoms with Gasteiger partial charge in [-0.25, -0.2) is 8.78 Å². The molecule has 1 aliphatic carbocycles. The molecule has 1 heterocycles. The van der Waals surface area contributed by atoms with Crippen molar-refractivity contribution in [1.29, 1.82) is 0 Å². The fourth-order valence-electron chi connectivity index (χ4n) is 5.03. The van der Waals surface area contributed by atoms with Crippen LogP contribution in [0.2, 0.25) is 0 Å². The first-order valence-corrected chi connectivity index (χ1v) is 12.7. The number of halogens is 2. The van der Waals surface area contributed by atoms with E-state index in [0.29, 0.717) is 38.0 Å². The number of carbonyl (C=O) groups is 3. The molecule has 2 fully saturated rings. The molecule has 0 spiro atoms. The minimum atomic E-state index is -0.428. The topological polar surface area (TPSA) is 66.9 Å². The first-order chi connectivity index (χ1) is 17.4. The van der Waals surface area contributed by atoms with Crippen LogP contribution in [0.3, 0.4) is 0 Å². The Kier molecular flexibility index (Phi) is 8.67. The lowest BCUT2D eigenvalue weighted by atomic mass is 9.93. The van der Waals surface area contributed by atoms with Crippen molar-refractivity contribution in [2.24, 2.45) is 5.92 Å². The lowest BCUT2D eigenvalue weighted by Gasteiger charge is -2.35. The summed E-state index contributed by atoms with van der Waals surface area (Å²) < 4.78 is 31.9. The molecular weight excluding hydrogens is 466 g/mol. The van der Waals surface area contributed by atoms with E-state index in [9.17, 15) is 23.2 Å². The monoisotopic (exact) mass is 498 g/mol. The summed E-state index contributed by atoms with van der Waals surface area (Å²) in [6.45, 7) is 0.807. The second kappa shape index (κ2) is 12.1. The minimum Gasteiger partial charge on any atom is -0.455 e. The molecule has 2 amide bonds. The van der Waals surface area contributed by atoms with Crippen LogP contribution in [0.1, 0.15) is 60.9 Å². The first-order valence-electron chi connectivity index (χ1n) is 12.7. The van der Waals surface area contributed by atoms with Gasteiger partial charge in [-0.05, 0) is 67.6 Å². The van der Waals surface area contributed by atoms with Gasteiger partial charge < -0.3 is 14.5 Å². The number of nitrogens with zero attached hydrogens (tertiary/aromatic N) is 2. The van der Waals surface area contributed by atoms with Gasteiger partial charge in [0.1, 0.15) is 11.6 Å². The number of esters is 1. The predicted molar refractivity (Wildman–Crippen MR) is 130 cm³/mol. The molecule has 4 rings (SSSR count). The van der Waals surface area contributed by atoms with Crippen molar-refractivity contribution in [1.82, 2.24) is 9.80 Å². The van der Waals surface area contributed by atoms with E-state index >= 15 is 0 Å². The Balaban J connectivity index is 1.29. The van der Waals surface area contributed by atoms with Gasteiger partial charge in [-0.15, -0.1) is 0 Å². The van der Waals surface area contributed by atoms with Crippen molar-refractivity contribution >= 4 is 17.8 Å². The molecule has 0 radical (unpaired) electrons. The number of ether oxygens (including phenoxy) is 1. The number of piperidine rings is 1. The van der Waals surface area contributed by atoms with Gasteiger partial charge in [0.15, 0.2) is 6.61 Å². The molecule has 2 aromatic carbocycles. The van der Waals surface area contributed by atoms with Gasteiger partial charge in [-0.2, -0.15) is 0 Å². The summed E-state index contributed by atoms with van der Waals surface area (Å²) in [6, 6.07) is 11.6. The number of amides is 2. The molecule has 0 aromatic heterocycles. The van der Waals surface area contributed by atoms with Crippen LogP contribution in [-0.4, -0.2) is 53.3 Å². The number of likely N-dealkylation sites (tertiary alicyclic amines) is 1. The molecule has 1 aliphatic heterocycles. The molecule has 0 unspecified atom stereocenters. The van der Waals surface area contributed by atoms with Gasteiger partial charge in [-0.3, -0.25) is 14.4 Å². The third kappa shape index (κ3) is 6.68. The van der Waals surface area contributed by atoms with Gasteiger partial charge in [0.25, 0.3) is 11.8 Å². The van der Waals surface area contributed by atoms with Crippen molar-refractivity contribution in [2.45, 2.75) is 57.5 Å². The summed E-state index contributed by atoms with van der Waals surface area (Å²) in [4.78, 5) is 41.8. The van der Waals surface area contributed by atoms with Crippen molar-refractivity contribution in [3.63, 3.8) is 0 Å². The molecule has 36 heavy (non-hydrogen) atoms. The average Bonchev–Trinajstić information content (AvgIpc) is 2.92. The third-order valence-electron chi connectivity index (χ3n) is 7.15. The third-order valence-corrected chi connectivity index (χ3v) is 7.15. The van der Waals surface area contributed by atoms with E-state index in [1.54, 1.807) is 21.9 Å². The maximum atomic E-state index is 13.3. The summed E-state index contributed by atoms with van der Waals surface area (Å²) in [6.07, 6.45) is 5.94. The maximum Gasteiger partial charge on any atom is 0.309 e. The SMILES string of the molecule is O=C(OCC(=O)N(Cc1ccc(F)cc1)C1CCCCC1)C1CCN(C(=O)c2ccc(F)cc2)CC1. The molecule has 2 aliphatic rings. The van der Waals surface area contributed by atoms with Gasteiger partial charge >= 0.3 is 5.97 Å². The highest BCUT2D eigenvalue weighted by Crippen LogP contribution is 2.25. The quantitative estimate of drug-likeness (QED) is 0.518. The van der Waals surface area contributed by atoms with Crippen LogP contribution >= 0.6 is 0 Å². The van der Waals surface area contributed by atoms with E-state index in [1.165, 1.54) is 36.4 Å². The predicted octanol–water partition coefficient (Wildman–Crippen LogP) is 4.72. The van der Waals surface area contributed by atoms with E-state index in [4.69, 9.17) is 4.74 Å². The molecule has 8 heteroatoms. The molecule has 1 saturated heterocycles. The molecule has 0 atom stereocenters. The summed E-state index contributed by atoms with van der Waals surface area (Å²) in [5.74, 6) is -1.97. The maximum absolute atomic E-state index is 13.3. The fourth-order valence-corrected chi connectivity index (χ4v) is 5.03. The highest BCUT2D eigenvalue weighted by Gasteiger charge is 2.31. The Labute approximate surface area is 210 Å². The zero-order valence-electron chi connectivity index (χ0n) is 20.3. The van der Waals surface area contributed by atoms with Crippen LogP contribution in [0.5, 0.6) is 0 Å². The first kappa shape index (κ1) is 25.8. The summed E-state index contributed by atoms with van der Waals surface area (Å²) in [5.41, 5.74) is 1.24. The van der Waals surface area contributed by atoms with E-state index in [2.05, 4.69) is 0 Å². The van der Waals surface area contributed by atoms with E-state index in [1.807, 2.05) is 0 Å². The highest BCUT2D eigenvalue weighted by atomic mass is 19.1. The van der Waals surface area contributed by atoms with E-state index in [-0.39, 0.29) is 36.2 Å². The van der Waals surface area contributed by atoms with E-state index < -0.39 is 11.8 Å². The van der Waals surface area contributed by atoms with Crippen molar-refractivity contribution in [3.8, 4) is 0 Å². The molecule has 1 saturated carbocycles. The van der Waals surface area contributed by atoms with Crippen LogP contribution in [0.15, 0.2) is 48.5 Å². The fraction of sp³-hybridized carbons (Fsp3) is 0.464. The second-order valence-corrected chi connectivity index (χ2v) is 9.62.